The molecular weight excluding hydrogens is 284 g/mol. The number of thiazole rings is 1. The van der Waals surface area contributed by atoms with Gasteiger partial charge in [0.25, 0.3) is 0 Å². The summed E-state index contributed by atoms with van der Waals surface area (Å²) in [5.41, 5.74) is 2.12. The maximum absolute atomic E-state index is 12.5. The maximum Gasteiger partial charge on any atom is 0.234 e. The van der Waals surface area contributed by atoms with Crippen molar-refractivity contribution in [1.29, 1.82) is 0 Å². The number of fused-ring (bicyclic) bond motifs is 1. The molecule has 2 aromatic heterocycles. The van der Waals surface area contributed by atoms with Crippen LogP contribution >= 0.6 is 11.3 Å². The molecule has 1 aliphatic carbocycles. The first-order valence-electron chi connectivity index (χ1n) is 7.44. The molecule has 2 heterocycles. The molecule has 0 saturated heterocycles. The minimum atomic E-state index is -0.147. The first-order valence-corrected chi connectivity index (χ1v) is 8.32. The third-order valence-electron chi connectivity index (χ3n) is 3.91. The molecule has 1 aliphatic rings. The van der Waals surface area contributed by atoms with Gasteiger partial charge in [0, 0.05) is 18.1 Å². The van der Waals surface area contributed by atoms with E-state index in [4.69, 9.17) is 0 Å². The fraction of sp³-hybridized carbons (Fsp3) is 0.533. The van der Waals surface area contributed by atoms with Gasteiger partial charge in [-0.2, -0.15) is 0 Å². The van der Waals surface area contributed by atoms with E-state index in [9.17, 15) is 4.79 Å². The van der Waals surface area contributed by atoms with Crippen LogP contribution in [-0.2, 0) is 24.7 Å². The van der Waals surface area contributed by atoms with Crippen molar-refractivity contribution in [2.24, 2.45) is 7.05 Å². The summed E-state index contributed by atoms with van der Waals surface area (Å²) in [5, 5.41) is 5.95. The second-order valence-electron chi connectivity index (χ2n) is 5.50. The van der Waals surface area contributed by atoms with Gasteiger partial charge in [-0.25, -0.2) is 9.97 Å². The molecule has 1 amide bonds. The number of carbonyl (C=O) groups excluding carboxylic acids is 1. The summed E-state index contributed by atoms with van der Waals surface area (Å²) in [7, 11) is 1.99. The largest absolute Gasteiger partial charge is 0.337 e. The number of nitrogens with one attached hydrogen (secondary N) is 1. The van der Waals surface area contributed by atoms with Gasteiger partial charge in [0.05, 0.1) is 22.9 Å². The van der Waals surface area contributed by atoms with Crippen molar-refractivity contribution in [3.8, 4) is 0 Å². The van der Waals surface area contributed by atoms with Gasteiger partial charge < -0.3 is 9.88 Å². The summed E-state index contributed by atoms with van der Waals surface area (Å²) >= 11 is 1.61. The second kappa shape index (κ2) is 5.97. The third kappa shape index (κ3) is 2.85. The molecule has 0 bridgehead atoms. The van der Waals surface area contributed by atoms with Gasteiger partial charge in [-0.05, 0) is 32.1 Å². The molecule has 0 spiro atoms. The van der Waals surface area contributed by atoms with E-state index >= 15 is 0 Å². The Hall–Kier alpha value is -1.69. The number of hydrogen-bond donors (Lipinski definition) is 1. The zero-order valence-electron chi connectivity index (χ0n) is 12.4. The smallest absolute Gasteiger partial charge is 0.234 e. The fourth-order valence-corrected chi connectivity index (χ4v) is 3.68. The van der Waals surface area contributed by atoms with E-state index < -0.39 is 0 Å². The Labute approximate surface area is 128 Å². The maximum atomic E-state index is 12.5. The normalized spacial score (nSPS) is 17.5. The first-order chi connectivity index (χ1) is 10.2. The number of hydrogen-bond acceptors (Lipinski definition) is 4. The lowest BCUT2D eigenvalue weighted by molar-refractivity contribution is -0.118. The van der Waals surface area contributed by atoms with Crippen LogP contribution in [0.25, 0.3) is 0 Å². The number of aromatic nitrogens is 3. The van der Waals surface area contributed by atoms with Crippen LogP contribution in [0, 0.1) is 0 Å². The highest BCUT2D eigenvalue weighted by Crippen LogP contribution is 2.31. The standard InChI is InChI=1S/C15H20N4OS/c1-3-5-13-17-12(8-21-13)18-15(20)10-6-4-7-11-14(10)16-9-19(11)2/h8-10H,3-7H2,1-2H3,(H,18,20). The summed E-state index contributed by atoms with van der Waals surface area (Å²) in [4.78, 5) is 21.4. The van der Waals surface area contributed by atoms with E-state index in [1.807, 2.05) is 17.0 Å². The number of amides is 1. The predicted molar refractivity (Wildman–Crippen MR) is 83.6 cm³/mol. The highest BCUT2D eigenvalue weighted by atomic mass is 32.1. The molecule has 3 rings (SSSR count). The Bertz CT molecular complexity index is 646. The Kier molecular flexibility index (Phi) is 4.05. The van der Waals surface area contributed by atoms with Crippen LogP contribution in [0.5, 0.6) is 0 Å². The van der Waals surface area contributed by atoms with Crippen molar-refractivity contribution in [2.75, 3.05) is 5.32 Å². The van der Waals surface area contributed by atoms with Crippen LogP contribution in [0.1, 0.15) is 48.5 Å². The number of imidazole rings is 1. The summed E-state index contributed by atoms with van der Waals surface area (Å²) in [6.45, 7) is 2.13. The molecule has 6 heteroatoms. The number of carbonyl (C=O) groups is 1. The zero-order valence-corrected chi connectivity index (χ0v) is 13.2. The Morgan fingerprint density at radius 3 is 3.24 bits per heavy atom. The molecule has 0 aliphatic heterocycles. The van der Waals surface area contributed by atoms with Crippen molar-refractivity contribution in [3.05, 3.63) is 28.1 Å². The van der Waals surface area contributed by atoms with Gasteiger partial charge in [0.2, 0.25) is 5.91 Å². The number of nitrogens with zero attached hydrogens (tertiary/aromatic N) is 3. The van der Waals surface area contributed by atoms with Crippen molar-refractivity contribution in [3.63, 3.8) is 0 Å². The molecule has 21 heavy (non-hydrogen) atoms. The van der Waals surface area contributed by atoms with Crippen LogP contribution in [0.4, 0.5) is 5.82 Å². The summed E-state index contributed by atoms with van der Waals surface area (Å²) in [6.07, 6.45) is 6.74. The topological polar surface area (TPSA) is 59.8 Å². The van der Waals surface area contributed by atoms with Crippen LogP contribution in [0.15, 0.2) is 11.7 Å². The average Bonchev–Trinajstić information content (AvgIpc) is 3.07. The highest BCUT2D eigenvalue weighted by Gasteiger charge is 2.30. The Balaban J connectivity index is 1.73. The number of anilines is 1. The Morgan fingerprint density at radius 2 is 2.43 bits per heavy atom. The number of rotatable bonds is 4. The highest BCUT2D eigenvalue weighted by molar-refractivity contribution is 7.10. The molecule has 0 fully saturated rings. The number of aryl methyl sites for hydroxylation is 2. The van der Waals surface area contributed by atoms with Crippen LogP contribution in [0.2, 0.25) is 0 Å². The third-order valence-corrected chi connectivity index (χ3v) is 4.82. The van der Waals surface area contributed by atoms with Crippen LogP contribution in [-0.4, -0.2) is 20.4 Å². The van der Waals surface area contributed by atoms with Gasteiger partial charge in [-0.1, -0.05) is 6.92 Å². The van der Waals surface area contributed by atoms with Crippen molar-refractivity contribution >= 4 is 23.1 Å². The minimum absolute atomic E-state index is 0.0167. The lowest BCUT2D eigenvalue weighted by Gasteiger charge is -2.21. The van der Waals surface area contributed by atoms with Gasteiger partial charge in [0.1, 0.15) is 5.82 Å². The first kappa shape index (κ1) is 14.3. The molecule has 1 N–H and O–H groups in total. The molecular formula is C15H20N4OS. The zero-order chi connectivity index (χ0) is 14.8. The molecule has 5 nitrogen and oxygen atoms in total. The van der Waals surface area contributed by atoms with Crippen molar-refractivity contribution < 1.29 is 4.79 Å². The lowest BCUT2D eigenvalue weighted by Crippen LogP contribution is -2.25. The lowest BCUT2D eigenvalue weighted by atomic mass is 9.89. The fourth-order valence-electron chi connectivity index (χ4n) is 2.85. The van der Waals surface area contributed by atoms with Crippen LogP contribution < -0.4 is 5.32 Å². The monoisotopic (exact) mass is 304 g/mol. The van der Waals surface area contributed by atoms with E-state index in [0.717, 1.165) is 42.8 Å². The van der Waals surface area contributed by atoms with E-state index in [1.54, 1.807) is 17.7 Å². The van der Waals surface area contributed by atoms with Gasteiger partial charge in [-0.3, -0.25) is 4.79 Å². The molecule has 0 aromatic carbocycles. The van der Waals surface area contributed by atoms with Gasteiger partial charge in [-0.15, -0.1) is 11.3 Å². The summed E-state index contributed by atoms with van der Waals surface area (Å²) in [6, 6.07) is 0. The molecule has 0 saturated carbocycles. The minimum Gasteiger partial charge on any atom is -0.337 e. The second-order valence-corrected chi connectivity index (χ2v) is 6.44. The summed E-state index contributed by atoms with van der Waals surface area (Å²) in [5.74, 6) is 0.547. The molecule has 1 atom stereocenters. The molecule has 112 valence electrons. The van der Waals surface area contributed by atoms with E-state index in [0.29, 0.717) is 5.82 Å². The van der Waals surface area contributed by atoms with Gasteiger partial charge in [0.15, 0.2) is 0 Å². The molecule has 2 aromatic rings. The van der Waals surface area contributed by atoms with E-state index in [2.05, 4.69) is 22.2 Å². The average molecular weight is 304 g/mol. The predicted octanol–water partition coefficient (Wildman–Crippen LogP) is 2.89. The quantitative estimate of drug-likeness (QED) is 0.945. The summed E-state index contributed by atoms with van der Waals surface area (Å²) < 4.78 is 2.02. The van der Waals surface area contributed by atoms with Crippen molar-refractivity contribution in [1.82, 2.24) is 14.5 Å². The van der Waals surface area contributed by atoms with E-state index in [-0.39, 0.29) is 11.8 Å². The van der Waals surface area contributed by atoms with Crippen molar-refractivity contribution in [2.45, 2.75) is 44.9 Å². The molecule has 1 unspecified atom stereocenters. The van der Waals surface area contributed by atoms with Gasteiger partial charge >= 0.3 is 0 Å². The van der Waals surface area contributed by atoms with Crippen LogP contribution in [0.3, 0.4) is 0 Å². The Morgan fingerprint density at radius 1 is 1.57 bits per heavy atom. The SMILES string of the molecule is CCCc1nc(NC(=O)C2CCCc3c2ncn3C)cs1. The molecule has 0 radical (unpaired) electrons. The van der Waals surface area contributed by atoms with E-state index in [1.165, 1.54) is 5.69 Å².